The Morgan fingerprint density at radius 2 is 2.10 bits per heavy atom. The Labute approximate surface area is 185 Å². The van der Waals surface area contributed by atoms with Crippen LogP contribution < -0.4 is 5.32 Å². The minimum absolute atomic E-state index is 0.0862. The number of carbonyl (C=O) groups excluding carboxylic acids is 2. The molecular formula is C22H25N3O3S2. The molecule has 30 heavy (non-hydrogen) atoms. The molecule has 0 fully saturated rings. The number of nitrogens with one attached hydrogen (secondary N) is 1. The third-order valence-corrected chi connectivity index (χ3v) is 7.02. The number of ether oxygens (including phenoxy) is 1. The van der Waals surface area contributed by atoms with Crippen LogP contribution in [0.3, 0.4) is 0 Å². The van der Waals surface area contributed by atoms with Crippen molar-refractivity contribution in [3.05, 3.63) is 45.8 Å². The quantitative estimate of drug-likeness (QED) is 0.483. The van der Waals surface area contributed by atoms with E-state index in [2.05, 4.69) is 42.6 Å². The second-order valence-electron chi connectivity index (χ2n) is 7.00. The van der Waals surface area contributed by atoms with Crippen LogP contribution in [0.4, 0.5) is 9.80 Å². The fourth-order valence-corrected chi connectivity index (χ4v) is 5.31. The lowest BCUT2D eigenvalue weighted by atomic mass is 10.0. The number of nitrogens with zero attached hydrogens (tertiary/aromatic N) is 2. The minimum atomic E-state index is -0.341. The highest BCUT2D eigenvalue weighted by Crippen LogP contribution is 2.37. The Bertz CT molecular complexity index is 948. The van der Waals surface area contributed by atoms with Crippen LogP contribution >= 0.6 is 23.1 Å². The summed E-state index contributed by atoms with van der Waals surface area (Å²) in [5, 5.41) is 13.1. The first kappa shape index (κ1) is 22.2. The number of hydrogen-bond donors (Lipinski definition) is 1. The van der Waals surface area contributed by atoms with Crippen LogP contribution in [0.2, 0.25) is 0 Å². The molecule has 0 saturated carbocycles. The SMILES string of the molecule is CCOC(=O)N1CCc2c(sc(NC(=O)CCCSc3ccc(C)cc3)c2C#N)C1. The summed E-state index contributed by atoms with van der Waals surface area (Å²) in [6.07, 6.45) is 1.41. The number of benzene rings is 1. The van der Waals surface area contributed by atoms with Gasteiger partial charge in [0, 0.05) is 22.7 Å². The molecule has 0 saturated heterocycles. The highest BCUT2D eigenvalue weighted by molar-refractivity contribution is 7.99. The molecule has 0 aliphatic carbocycles. The van der Waals surface area contributed by atoms with Crippen LogP contribution in [0.15, 0.2) is 29.2 Å². The Kier molecular flexibility index (Phi) is 7.77. The molecule has 0 unspecified atom stereocenters. The zero-order valence-corrected chi connectivity index (χ0v) is 18.8. The Morgan fingerprint density at radius 1 is 1.33 bits per heavy atom. The first-order valence-electron chi connectivity index (χ1n) is 9.97. The summed E-state index contributed by atoms with van der Waals surface area (Å²) in [5.74, 6) is 0.772. The fraction of sp³-hybridized carbons (Fsp3) is 0.409. The number of rotatable bonds is 7. The van der Waals surface area contributed by atoms with E-state index >= 15 is 0 Å². The van der Waals surface area contributed by atoms with Gasteiger partial charge in [0.2, 0.25) is 5.91 Å². The van der Waals surface area contributed by atoms with Crippen molar-refractivity contribution >= 4 is 40.1 Å². The van der Waals surface area contributed by atoms with E-state index in [1.807, 2.05) is 0 Å². The van der Waals surface area contributed by atoms with E-state index in [1.165, 1.54) is 21.8 Å². The summed E-state index contributed by atoms with van der Waals surface area (Å²) in [5.41, 5.74) is 2.70. The van der Waals surface area contributed by atoms with Crippen molar-refractivity contribution in [3.63, 3.8) is 0 Å². The van der Waals surface area contributed by atoms with E-state index in [0.717, 1.165) is 22.6 Å². The zero-order valence-electron chi connectivity index (χ0n) is 17.2. The van der Waals surface area contributed by atoms with Crippen molar-refractivity contribution in [1.82, 2.24) is 4.90 Å². The van der Waals surface area contributed by atoms with Gasteiger partial charge in [0.05, 0.1) is 18.7 Å². The first-order chi connectivity index (χ1) is 14.5. The molecule has 6 nitrogen and oxygen atoms in total. The fourth-order valence-electron chi connectivity index (χ4n) is 3.23. The molecule has 2 heterocycles. The highest BCUT2D eigenvalue weighted by atomic mass is 32.2. The normalized spacial score (nSPS) is 12.8. The van der Waals surface area contributed by atoms with Gasteiger partial charge in [-0.3, -0.25) is 4.79 Å². The molecule has 2 aromatic rings. The molecule has 0 radical (unpaired) electrons. The number of fused-ring (bicyclic) bond motifs is 1. The van der Waals surface area contributed by atoms with Gasteiger partial charge in [0.1, 0.15) is 11.1 Å². The molecule has 0 atom stereocenters. The molecule has 1 aliphatic rings. The summed E-state index contributed by atoms with van der Waals surface area (Å²) in [6, 6.07) is 10.6. The summed E-state index contributed by atoms with van der Waals surface area (Å²) in [6.45, 7) is 5.10. The van der Waals surface area contributed by atoms with E-state index in [0.29, 0.717) is 43.1 Å². The number of hydrogen-bond acceptors (Lipinski definition) is 6. The van der Waals surface area contributed by atoms with Gasteiger partial charge < -0.3 is 15.0 Å². The van der Waals surface area contributed by atoms with Crippen LogP contribution in [0, 0.1) is 18.3 Å². The topological polar surface area (TPSA) is 82.4 Å². The molecule has 3 rings (SSSR count). The molecule has 0 bridgehead atoms. The molecule has 1 N–H and O–H groups in total. The number of amides is 2. The van der Waals surface area contributed by atoms with E-state index in [-0.39, 0.29) is 12.0 Å². The van der Waals surface area contributed by atoms with Gasteiger partial charge in [0.15, 0.2) is 0 Å². The number of anilines is 1. The van der Waals surface area contributed by atoms with Gasteiger partial charge in [-0.1, -0.05) is 17.7 Å². The molecule has 1 aliphatic heterocycles. The van der Waals surface area contributed by atoms with Crippen molar-refractivity contribution < 1.29 is 14.3 Å². The Morgan fingerprint density at radius 3 is 2.80 bits per heavy atom. The van der Waals surface area contributed by atoms with Crippen LogP contribution in [0.1, 0.15) is 41.3 Å². The number of carbonyl (C=O) groups is 2. The first-order valence-corrected chi connectivity index (χ1v) is 11.8. The highest BCUT2D eigenvalue weighted by Gasteiger charge is 2.28. The van der Waals surface area contributed by atoms with Crippen molar-refractivity contribution in [2.75, 3.05) is 24.2 Å². The Hall–Kier alpha value is -2.50. The van der Waals surface area contributed by atoms with Crippen LogP contribution in [-0.4, -0.2) is 35.8 Å². The maximum Gasteiger partial charge on any atom is 0.410 e. The van der Waals surface area contributed by atoms with Gasteiger partial charge in [-0.2, -0.15) is 5.26 Å². The van der Waals surface area contributed by atoms with Gasteiger partial charge in [-0.05, 0) is 50.1 Å². The van der Waals surface area contributed by atoms with Gasteiger partial charge >= 0.3 is 6.09 Å². The van der Waals surface area contributed by atoms with E-state index in [9.17, 15) is 14.9 Å². The van der Waals surface area contributed by atoms with Gasteiger partial charge in [-0.25, -0.2) is 4.79 Å². The van der Waals surface area contributed by atoms with Crippen molar-refractivity contribution in [2.45, 2.75) is 44.6 Å². The lowest BCUT2D eigenvalue weighted by molar-refractivity contribution is -0.116. The standard InChI is InChI=1S/C22H25N3O3S2/c1-3-28-22(27)25-11-10-17-18(13-23)21(30-19(17)14-25)24-20(26)5-4-12-29-16-8-6-15(2)7-9-16/h6-9H,3-5,10-12,14H2,1-2H3,(H,24,26). The molecule has 8 heteroatoms. The summed E-state index contributed by atoms with van der Waals surface area (Å²) in [7, 11) is 0. The number of thioether (sulfide) groups is 1. The minimum Gasteiger partial charge on any atom is -0.450 e. The Balaban J connectivity index is 1.53. The average Bonchev–Trinajstić information content (AvgIpc) is 3.08. The summed E-state index contributed by atoms with van der Waals surface area (Å²) < 4.78 is 5.07. The third-order valence-electron chi connectivity index (χ3n) is 4.79. The second kappa shape index (κ2) is 10.5. The molecule has 0 spiro atoms. The lowest BCUT2D eigenvalue weighted by Crippen LogP contribution is -2.35. The van der Waals surface area contributed by atoms with Crippen molar-refractivity contribution in [1.29, 1.82) is 5.26 Å². The molecule has 1 aromatic heterocycles. The van der Waals surface area contributed by atoms with Crippen molar-refractivity contribution in [2.24, 2.45) is 0 Å². The summed E-state index contributed by atoms with van der Waals surface area (Å²) in [4.78, 5) is 28.2. The smallest absolute Gasteiger partial charge is 0.410 e. The maximum atomic E-state index is 12.4. The number of nitriles is 1. The van der Waals surface area contributed by atoms with Crippen LogP contribution in [0.5, 0.6) is 0 Å². The zero-order chi connectivity index (χ0) is 21.5. The van der Waals surface area contributed by atoms with Crippen molar-refractivity contribution in [3.8, 4) is 6.07 Å². The monoisotopic (exact) mass is 443 g/mol. The maximum absolute atomic E-state index is 12.4. The number of aryl methyl sites for hydroxylation is 1. The predicted octanol–water partition coefficient (Wildman–Crippen LogP) is 4.95. The van der Waals surface area contributed by atoms with E-state index in [1.54, 1.807) is 23.6 Å². The molecule has 158 valence electrons. The lowest BCUT2D eigenvalue weighted by Gasteiger charge is -2.25. The van der Waals surface area contributed by atoms with Crippen LogP contribution in [-0.2, 0) is 22.5 Å². The van der Waals surface area contributed by atoms with E-state index in [4.69, 9.17) is 4.74 Å². The molecular weight excluding hydrogens is 418 g/mol. The largest absolute Gasteiger partial charge is 0.450 e. The van der Waals surface area contributed by atoms with E-state index < -0.39 is 0 Å². The van der Waals surface area contributed by atoms with Gasteiger partial charge in [-0.15, -0.1) is 23.1 Å². The molecule has 1 aromatic carbocycles. The third kappa shape index (κ3) is 5.55. The number of thiophene rings is 1. The second-order valence-corrected chi connectivity index (χ2v) is 9.28. The van der Waals surface area contributed by atoms with Gasteiger partial charge in [0.25, 0.3) is 0 Å². The van der Waals surface area contributed by atoms with Crippen LogP contribution in [0.25, 0.3) is 0 Å². The molecule has 2 amide bonds. The predicted molar refractivity (Wildman–Crippen MR) is 120 cm³/mol. The summed E-state index contributed by atoms with van der Waals surface area (Å²) >= 11 is 3.12. The average molecular weight is 444 g/mol.